The van der Waals surface area contributed by atoms with E-state index in [2.05, 4.69) is 20.2 Å². The number of nitrogens with zero attached hydrogens (tertiary/aromatic N) is 2. The normalized spacial score (nSPS) is 12.2. The average Bonchev–Trinajstić information content (AvgIpc) is 2.39. The van der Waals surface area contributed by atoms with Gasteiger partial charge in [-0.2, -0.15) is 18.3 Å². The summed E-state index contributed by atoms with van der Waals surface area (Å²) in [4.78, 5) is 14.8. The van der Waals surface area contributed by atoms with Gasteiger partial charge in [0.1, 0.15) is 5.71 Å². The van der Waals surface area contributed by atoms with Gasteiger partial charge in [0.05, 0.1) is 17.7 Å². The molecule has 1 aromatic rings. The van der Waals surface area contributed by atoms with E-state index in [1.807, 2.05) is 0 Å². The Kier molecular flexibility index (Phi) is 5.32. The van der Waals surface area contributed by atoms with Crippen molar-refractivity contribution in [3.63, 3.8) is 0 Å². The Hall–Kier alpha value is -1.83. The van der Waals surface area contributed by atoms with Gasteiger partial charge in [0, 0.05) is 6.20 Å². The quantitative estimate of drug-likeness (QED) is 0.527. The van der Waals surface area contributed by atoms with Crippen molar-refractivity contribution in [3.05, 3.63) is 22.8 Å². The Morgan fingerprint density at radius 1 is 1.55 bits per heavy atom. The molecule has 20 heavy (non-hydrogen) atoms. The van der Waals surface area contributed by atoms with E-state index in [0.717, 1.165) is 6.07 Å². The highest BCUT2D eigenvalue weighted by Crippen LogP contribution is 2.32. The van der Waals surface area contributed by atoms with Gasteiger partial charge >= 0.3 is 12.1 Å². The number of alkyl halides is 3. The fourth-order valence-electron chi connectivity index (χ4n) is 1.18. The van der Waals surface area contributed by atoms with Gasteiger partial charge in [-0.15, -0.1) is 0 Å². The molecule has 0 aromatic carbocycles. The number of hydrogen-bond acceptors (Lipinski definition) is 5. The summed E-state index contributed by atoms with van der Waals surface area (Å²) in [5, 5.41) is 3.44. The number of aromatic nitrogens is 1. The molecule has 1 N–H and O–H groups in total. The monoisotopic (exact) mass is 309 g/mol. The lowest BCUT2D eigenvalue weighted by Crippen LogP contribution is -2.16. The van der Waals surface area contributed by atoms with Crippen molar-refractivity contribution in [2.75, 3.05) is 12.5 Å². The van der Waals surface area contributed by atoms with Gasteiger partial charge in [-0.3, -0.25) is 5.43 Å². The van der Waals surface area contributed by atoms with Crippen LogP contribution in [0, 0.1) is 0 Å². The Morgan fingerprint density at radius 2 is 2.20 bits per heavy atom. The number of hydrogen-bond donors (Lipinski definition) is 1. The number of esters is 1. The van der Waals surface area contributed by atoms with E-state index in [4.69, 9.17) is 11.6 Å². The topological polar surface area (TPSA) is 63.6 Å². The van der Waals surface area contributed by atoms with Crippen LogP contribution in [0.5, 0.6) is 0 Å². The van der Waals surface area contributed by atoms with Crippen LogP contribution < -0.4 is 5.43 Å². The highest BCUT2D eigenvalue weighted by molar-refractivity contribution is 6.36. The summed E-state index contributed by atoms with van der Waals surface area (Å²) in [6, 6.07) is 0.718. The molecule has 9 heteroatoms. The third kappa shape index (κ3) is 4.09. The van der Waals surface area contributed by atoms with Crippen molar-refractivity contribution in [1.82, 2.24) is 4.98 Å². The molecule has 0 fully saturated rings. The number of anilines is 1. The van der Waals surface area contributed by atoms with E-state index < -0.39 is 17.7 Å². The lowest BCUT2D eigenvalue weighted by molar-refractivity contribution is -0.137. The van der Waals surface area contributed by atoms with Crippen LogP contribution in [0.4, 0.5) is 19.0 Å². The summed E-state index contributed by atoms with van der Waals surface area (Å²) in [5.74, 6) is -0.738. The first-order chi connectivity index (χ1) is 9.29. The van der Waals surface area contributed by atoms with Crippen LogP contribution in [-0.2, 0) is 15.7 Å². The molecule has 0 saturated heterocycles. The molecule has 0 aliphatic heterocycles. The largest absolute Gasteiger partial charge is 0.464 e. The molecular weight excluding hydrogens is 299 g/mol. The summed E-state index contributed by atoms with van der Waals surface area (Å²) >= 11 is 5.67. The number of methoxy groups -OCH3 is 1. The van der Waals surface area contributed by atoms with E-state index in [-0.39, 0.29) is 23.0 Å². The standard InChI is InChI=1S/C11H11ClF3N3O2/c1-3-8(10(19)20-2)17-18-9-7(12)4-6(5-16-9)11(13,14)15/h4-5H,3H2,1-2H3,(H,16,18). The minimum atomic E-state index is -4.53. The number of carbonyl (C=O) groups excluding carboxylic acids is 1. The second kappa shape index (κ2) is 6.56. The Labute approximate surface area is 117 Å². The molecule has 0 aliphatic carbocycles. The zero-order chi connectivity index (χ0) is 15.3. The zero-order valence-electron chi connectivity index (χ0n) is 10.6. The van der Waals surface area contributed by atoms with Gasteiger partial charge in [0.25, 0.3) is 0 Å². The molecule has 0 radical (unpaired) electrons. The number of rotatable bonds is 4. The molecular formula is C11H11ClF3N3O2. The van der Waals surface area contributed by atoms with Crippen LogP contribution in [0.1, 0.15) is 18.9 Å². The van der Waals surface area contributed by atoms with Crippen LogP contribution in [0.3, 0.4) is 0 Å². The maximum Gasteiger partial charge on any atom is 0.417 e. The molecule has 0 bridgehead atoms. The van der Waals surface area contributed by atoms with Crippen molar-refractivity contribution in [1.29, 1.82) is 0 Å². The molecule has 0 aliphatic rings. The lowest BCUT2D eigenvalue weighted by atomic mass is 10.3. The third-order valence-electron chi connectivity index (χ3n) is 2.22. The molecule has 5 nitrogen and oxygen atoms in total. The van der Waals surface area contributed by atoms with E-state index in [0.29, 0.717) is 6.20 Å². The van der Waals surface area contributed by atoms with Crippen LogP contribution >= 0.6 is 11.6 Å². The highest BCUT2D eigenvalue weighted by atomic mass is 35.5. The first kappa shape index (κ1) is 16.2. The average molecular weight is 310 g/mol. The SMILES string of the molecule is CCC(=NNc1ncc(C(F)(F)F)cc1Cl)C(=O)OC. The minimum Gasteiger partial charge on any atom is -0.464 e. The van der Waals surface area contributed by atoms with Gasteiger partial charge in [0.15, 0.2) is 5.82 Å². The zero-order valence-corrected chi connectivity index (χ0v) is 11.3. The first-order valence-corrected chi connectivity index (χ1v) is 5.81. The second-order valence-corrected chi connectivity index (χ2v) is 3.97. The van der Waals surface area contributed by atoms with E-state index in [1.54, 1.807) is 6.92 Å². The number of ether oxygens (including phenoxy) is 1. The molecule has 0 saturated carbocycles. The predicted molar refractivity (Wildman–Crippen MR) is 67.6 cm³/mol. The Bertz CT molecular complexity index is 532. The molecule has 1 rings (SSSR count). The third-order valence-corrected chi connectivity index (χ3v) is 2.51. The second-order valence-electron chi connectivity index (χ2n) is 3.57. The molecule has 1 heterocycles. The van der Waals surface area contributed by atoms with E-state index >= 15 is 0 Å². The summed E-state index contributed by atoms with van der Waals surface area (Å²) in [7, 11) is 1.19. The number of halogens is 4. The summed E-state index contributed by atoms with van der Waals surface area (Å²) in [5.41, 5.74) is 1.42. The van der Waals surface area contributed by atoms with Crippen molar-refractivity contribution >= 4 is 29.1 Å². The van der Waals surface area contributed by atoms with Crippen LogP contribution in [0.15, 0.2) is 17.4 Å². The number of nitrogens with one attached hydrogen (secondary N) is 1. The highest BCUT2D eigenvalue weighted by Gasteiger charge is 2.31. The van der Waals surface area contributed by atoms with E-state index in [9.17, 15) is 18.0 Å². The number of hydrazone groups is 1. The number of carbonyl (C=O) groups is 1. The molecule has 110 valence electrons. The smallest absolute Gasteiger partial charge is 0.417 e. The van der Waals surface area contributed by atoms with E-state index in [1.165, 1.54) is 7.11 Å². The summed E-state index contributed by atoms with van der Waals surface area (Å²) < 4.78 is 41.7. The minimum absolute atomic E-state index is 0.0604. The van der Waals surface area contributed by atoms with Gasteiger partial charge in [-0.05, 0) is 12.5 Å². The summed E-state index contributed by atoms with van der Waals surface area (Å²) in [6.07, 6.45) is -3.63. The predicted octanol–water partition coefficient (Wildman–Crippen LogP) is 3.10. The Morgan fingerprint density at radius 3 is 2.65 bits per heavy atom. The first-order valence-electron chi connectivity index (χ1n) is 5.43. The van der Waals surface area contributed by atoms with Gasteiger partial charge in [0.2, 0.25) is 0 Å². The molecule has 0 spiro atoms. The fourth-order valence-corrected chi connectivity index (χ4v) is 1.39. The molecule has 0 amide bonds. The van der Waals surface area contributed by atoms with Crippen molar-refractivity contribution in [2.24, 2.45) is 5.10 Å². The van der Waals surface area contributed by atoms with Gasteiger partial charge in [-0.25, -0.2) is 9.78 Å². The van der Waals surface area contributed by atoms with Crippen LogP contribution in [-0.4, -0.2) is 23.8 Å². The number of pyridine rings is 1. The van der Waals surface area contributed by atoms with Crippen LogP contribution in [0.2, 0.25) is 5.02 Å². The van der Waals surface area contributed by atoms with Crippen molar-refractivity contribution in [2.45, 2.75) is 19.5 Å². The van der Waals surface area contributed by atoms with Gasteiger partial charge < -0.3 is 4.74 Å². The lowest BCUT2D eigenvalue weighted by Gasteiger charge is -2.09. The molecule has 1 aromatic heterocycles. The Balaban J connectivity index is 2.94. The van der Waals surface area contributed by atoms with Crippen molar-refractivity contribution in [3.8, 4) is 0 Å². The maximum absolute atomic E-state index is 12.4. The van der Waals surface area contributed by atoms with Crippen molar-refractivity contribution < 1.29 is 22.7 Å². The summed E-state index contributed by atoms with van der Waals surface area (Å²) in [6.45, 7) is 1.67. The molecule has 0 atom stereocenters. The fraction of sp³-hybridized carbons (Fsp3) is 0.364. The van der Waals surface area contributed by atoms with Gasteiger partial charge in [-0.1, -0.05) is 18.5 Å². The van der Waals surface area contributed by atoms with Crippen LogP contribution in [0.25, 0.3) is 0 Å². The maximum atomic E-state index is 12.4. The molecule has 0 unspecified atom stereocenters.